The van der Waals surface area contributed by atoms with Crippen molar-refractivity contribution in [1.82, 2.24) is 14.8 Å². The highest BCUT2D eigenvalue weighted by Gasteiger charge is 2.14. The van der Waals surface area contributed by atoms with E-state index in [0.29, 0.717) is 29.0 Å². The van der Waals surface area contributed by atoms with E-state index in [1.807, 2.05) is 29.7 Å². The van der Waals surface area contributed by atoms with Gasteiger partial charge in [0.15, 0.2) is 11.0 Å². The van der Waals surface area contributed by atoms with E-state index in [9.17, 15) is 4.79 Å². The first kappa shape index (κ1) is 21.2. The van der Waals surface area contributed by atoms with Gasteiger partial charge in [-0.15, -0.1) is 10.2 Å². The Morgan fingerprint density at radius 3 is 2.72 bits per heavy atom. The molecular formula is C21H23ClN4O2S. The van der Waals surface area contributed by atoms with Crippen LogP contribution in [0.1, 0.15) is 23.9 Å². The van der Waals surface area contributed by atoms with E-state index in [4.69, 9.17) is 16.3 Å². The third kappa shape index (κ3) is 5.74. The summed E-state index contributed by atoms with van der Waals surface area (Å²) in [5, 5.41) is 12.5. The molecule has 29 heavy (non-hydrogen) atoms. The maximum atomic E-state index is 12.2. The summed E-state index contributed by atoms with van der Waals surface area (Å²) in [4.78, 5) is 12.2. The first-order valence-corrected chi connectivity index (χ1v) is 10.6. The summed E-state index contributed by atoms with van der Waals surface area (Å²) in [7, 11) is 0. The number of thioether (sulfide) groups is 1. The number of aryl methyl sites for hydroxylation is 2. The van der Waals surface area contributed by atoms with Crippen LogP contribution in [-0.2, 0) is 17.9 Å². The summed E-state index contributed by atoms with van der Waals surface area (Å²) in [6.07, 6.45) is 0. The standard InChI is InChI=1S/C21H23ClN4O2S/c1-4-26-19(12-28-18-9-8-14(2)15(3)10-18)24-25-21(26)29-13-20(27)23-17-7-5-6-16(22)11-17/h5-11H,4,12-13H2,1-3H3,(H,23,27). The van der Waals surface area contributed by atoms with Gasteiger partial charge in [0.2, 0.25) is 5.91 Å². The summed E-state index contributed by atoms with van der Waals surface area (Å²) in [6, 6.07) is 13.1. The minimum atomic E-state index is -0.129. The number of anilines is 1. The molecule has 3 rings (SSSR count). The van der Waals surface area contributed by atoms with Crippen LogP contribution in [0.15, 0.2) is 47.6 Å². The monoisotopic (exact) mass is 430 g/mol. The molecule has 0 fully saturated rings. The molecule has 0 spiro atoms. The topological polar surface area (TPSA) is 69.0 Å². The van der Waals surface area contributed by atoms with Gasteiger partial charge in [0.25, 0.3) is 0 Å². The molecule has 1 N–H and O–H groups in total. The molecule has 0 atom stereocenters. The van der Waals surface area contributed by atoms with Crippen LogP contribution in [0.3, 0.4) is 0 Å². The number of ether oxygens (including phenoxy) is 1. The summed E-state index contributed by atoms with van der Waals surface area (Å²) in [5.41, 5.74) is 3.08. The average molecular weight is 431 g/mol. The van der Waals surface area contributed by atoms with Gasteiger partial charge in [0, 0.05) is 17.3 Å². The van der Waals surface area contributed by atoms with E-state index in [-0.39, 0.29) is 11.7 Å². The molecule has 1 aromatic heterocycles. The lowest BCUT2D eigenvalue weighted by atomic mass is 10.1. The molecule has 0 aliphatic rings. The van der Waals surface area contributed by atoms with Crippen molar-refractivity contribution in [3.8, 4) is 5.75 Å². The average Bonchev–Trinajstić information content (AvgIpc) is 3.09. The fourth-order valence-electron chi connectivity index (χ4n) is 2.70. The van der Waals surface area contributed by atoms with Crippen LogP contribution < -0.4 is 10.1 Å². The van der Waals surface area contributed by atoms with Crippen LogP contribution in [-0.4, -0.2) is 26.4 Å². The van der Waals surface area contributed by atoms with Crippen LogP contribution >= 0.6 is 23.4 Å². The number of aromatic nitrogens is 3. The Bertz CT molecular complexity index is 1010. The Labute approximate surface area is 179 Å². The summed E-state index contributed by atoms with van der Waals surface area (Å²) >= 11 is 7.28. The van der Waals surface area contributed by atoms with E-state index in [1.165, 1.54) is 22.9 Å². The zero-order valence-electron chi connectivity index (χ0n) is 16.6. The minimum absolute atomic E-state index is 0.129. The maximum absolute atomic E-state index is 12.2. The molecule has 2 aromatic carbocycles. The van der Waals surface area contributed by atoms with Crippen molar-refractivity contribution in [3.63, 3.8) is 0 Å². The highest BCUT2D eigenvalue weighted by atomic mass is 35.5. The van der Waals surface area contributed by atoms with Gasteiger partial charge in [0.05, 0.1) is 5.75 Å². The van der Waals surface area contributed by atoms with Crippen LogP contribution in [0, 0.1) is 13.8 Å². The van der Waals surface area contributed by atoms with Crippen LogP contribution in [0.4, 0.5) is 5.69 Å². The number of benzene rings is 2. The van der Waals surface area contributed by atoms with Gasteiger partial charge in [0.1, 0.15) is 12.4 Å². The van der Waals surface area contributed by atoms with Crippen molar-refractivity contribution < 1.29 is 9.53 Å². The lowest BCUT2D eigenvalue weighted by molar-refractivity contribution is -0.113. The van der Waals surface area contributed by atoms with Crippen LogP contribution in [0.25, 0.3) is 0 Å². The molecule has 8 heteroatoms. The second-order valence-electron chi connectivity index (χ2n) is 6.53. The zero-order valence-corrected chi connectivity index (χ0v) is 18.2. The van der Waals surface area contributed by atoms with Gasteiger partial charge in [-0.2, -0.15) is 0 Å². The highest BCUT2D eigenvalue weighted by Crippen LogP contribution is 2.21. The molecular weight excluding hydrogens is 408 g/mol. The van der Waals surface area contributed by atoms with Crippen molar-refractivity contribution in [1.29, 1.82) is 0 Å². The second-order valence-corrected chi connectivity index (χ2v) is 7.90. The molecule has 0 radical (unpaired) electrons. The Hall–Kier alpha value is -2.51. The lowest BCUT2D eigenvalue weighted by Crippen LogP contribution is -2.15. The number of rotatable bonds is 8. The Morgan fingerprint density at radius 2 is 2.00 bits per heavy atom. The van der Waals surface area contributed by atoms with Crippen LogP contribution in [0.5, 0.6) is 5.75 Å². The molecule has 0 aliphatic carbocycles. The second kappa shape index (κ2) is 9.80. The third-order valence-corrected chi connectivity index (χ3v) is 5.60. The quantitative estimate of drug-likeness (QED) is 0.516. The van der Waals surface area contributed by atoms with Crippen molar-refractivity contribution in [2.75, 3.05) is 11.1 Å². The SMILES string of the molecule is CCn1c(COc2ccc(C)c(C)c2)nnc1SCC(=O)Nc1cccc(Cl)c1. The molecule has 152 valence electrons. The number of nitrogens with zero attached hydrogens (tertiary/aromatic N) is 3. The number of halogens is 1. The number of carbonyl (C=O) groups excluding carboxylic acids is 1. The van der Waals surface area contributed by atoms with Crippen molar-refractivity contribution >= 4 is 35.0 Å². The van der Waals surface area contributed by atoms with E-state index >= 15 is 0 Å². The minimum Gasteiger partial charge on any atom is -0.486 e. The molecule has 0 bridgehead atoms. The number of amides is 1. The number of carbonyl (C=O) groups is 1. The lowest BCUT2D eigenvalue weighted by Gasteiger charge is -2.10. The Kier molecular flexibility index (Phi) is 7.17. The Morgan fingerprint density at radius 1 is 1.17 bits per heavy atom. The maximum Gasteiger partial charge on any atom is 0.234 e. The van der Waals surface area contributed by atoms with E-state index < -0.39 is 0 Å². The van der Waals surface area contributed by atoms with Crippen molar-refractivity contribution in [2.45, 2.75) is 39.1 Å². The first-order chi connectivity index (χ1) is 14.0. The summed E-state index contributed by atoms with van der Waals surface area (Å²) in [5.74, 6) is 1.62. The molecule has 1 amide bonds. The number of hydrogen-bond donors (Lipinski definition) is 1. The first-order valence-electron chi connectivity index (χ1n) is 9.26. The van der Waals surface area contributed by atoms with E-state index in [2.05, 4.69) is 29.4 Å². The van der Waals surface area contributed by atoms with Gasteiger partial charge in [-0.1, -0.05) is 35.5 Å². The Balaban J connectivity index is 1.58. The van der Waals surface area contributed by atoms with E-state index in [0.717, 1.165) is 11.6 Å². The molecule has 1 heterocycles. The molecule has 0 aliphatic heterocycles. The number of hydrogen-bond acceptors (Lipinski definition) is 5. The predicted octanol–water partition coefficient (Wildman–Crippen LogP) is 4.88. The summed E-state index contributed by atoms with van der Waals surface area (Å²) in [6.45, 7) is 7.15. The highest BCUT2D eigenvalue weighted by molar-refractivity contribution is 7.99. The van der Waals surface area contributed by atoms with Gasteiger partial charge in [-0.3, -0.25) is 4.79 Å². The molecule has 0 saturated carbocycles. The fourth-order valence-corrected chi connectivity index (χ4v) is 3.71. The van der Waals surface area contributed by atoms with Gasteiger partial charge in [-0.25, -0.2) is 0 Å². The molecule has 3 aromatic rings. The number of nitrogens with one attached hydrogen (secondary N) is 1. The summed E-state index contributed by atoms with van der Waals surface area (Å²) < 4.78 is 7.83. The fraction of sp³-hybridized carbons (Fsp3) is 0.286. The largest absolute Gasteiger partial charge is 0.486 e. The van der Waals surface area contributed by atoms with Gasteiger partial charge >= 0.3 is 0 Å². The zero-order chi connectivity index (χ0) is 20.8. The van der Waals surface area contributed by atoms with Gasteiger partial charge < -0.3 is 14.6 Å². The predicted molar refractivity (Wildman–Crippen MR) is 117 cm³/mol. The van der Waals surface area contributed by atoms with Crippen molar-refractivity contribution in [3.05, 3.63) is 64.4 Å². The molecule has 0 saturated heterocycles. The van der Waals surface area contributed by atoms with Gasteiger partial charge in [-0.05, 0) is 62.2 Å². The third-order valence-electron chi connectivity index (χ3n) is 4.40. The van der Waals surface area contributed by atoms with E-state index in [1.54, 1.807) is 24.3 Å². The van der Waals surface area contributed by atoms with Crippen LogP contribution in [0.2, 0.25) is 5.02 Å². The molecule has 0 unspecified atom stereocenters. The normalized spacial score (nSPS) is 10.8. The molecule has 6 nitrogen and oxygen atoms in total. The smallest absolute Gasteiger partial charge is 0.234 e. The van der Waals surface area contributed by atoms with Crippen molar-refractivity contribution in [2.24, 2.45) is 0 Å².